The minimum atomic E-state index is -0.393. The Morgan fingerprint density at radius 3 is 2.62 bits per heavy atom. The van der Waals surface area contributed by atoms with Gasteiger partial charge in [0.05, 0.1) is 0 Å². The Hall–Kier alpha value is -0.700. The van der Waals surface area contributed by atoms with Crippen LogP contribution in [0.4, 0.5) is 4.39 Å². The van der Waals surface area contributed by atoms with Crippen molar-refractivity contribution < 1.29 is 9.18 Å². The maximum absolute atomic E-state index is 13.3. The smallest absolute Gasteiger partial charge is 0.137 e. The Morgan fingerprint density at radius 2 is 2.15 bits per heavy atom. The molecule has 0 aromatic heterocycles. The van der Waals surface area contributed by atoms with Crippen molar-refractivity contribution in [3.63, 3.8) is 0 Å². The van der Waals surface area contributed by atoms with Crippen LogP contribution in [0.2, 0.25) is 0 Å². The van der Waals surface area contributed by atoms with Gasteiger partial charge < -0.3 is 0 Å². The minimum Gasteiger partial charge on any atom is -0.299 e. The zero-order chi connectivity index (χ0) is 10.0. The number of hydrogen-bond donors (Lipinski definition) is 0. The van der Waals surface area contributed by atoms with E-state index in [0.29, 0.717) is 10.0 Å². The molecule has 1 nitrogen and oxygen atoms in total. The average Bonchev–Trinajstić information content (AvgIpc) is 2.03. The van der Waals surface area contributed by atoms with E-state index in [9.17, 15) is 9.18 Å². The van der Waals surface area contributed by atoms with E-state index in [1.807, 2.05) is 0 Å². The van der Waals surface area contributed by atoms with Gasteiger partial charge in [-0.1, -0.05) is 28.9 Å². The van der Waals surface area contributed by atoms with Crippen molar-refractivity contribution in [3.05, 3.63) is 34.1 Å². The molecule has 1 aromatic carbocycles. The van der Waals surface area contributed by atoms with Crippen molar-refractivity contribution in [2.75, 3.05) is 0 Å². The summed E-state index contributed by atoms with van der Waals surface area (Å²) in [6, 6.07) is 4.70. The maximum Gasteiger partial charge on any atom is 0.137 e. The molecule has 0 amide bonds. The third kappa shape index (κ3) is 2.15. The highest BCUT2D eigenvalue weighted by molar-refractivity contribution is 9.10. The summed E-state index contributed by atoms with van der Waals surface area (Å²) in [7, 11) is 0. The van der Waals surface area contributed by atoms with Gasteiger partial charge in [-0.05, 0) is 19.1 Å². The summed E-state index contributed by atoms with van der Waals surface area (Å²) in [6.45, 7) is 3.16. The highest BCUT2D eigenvalue weighted by Gasteiger charge is 2.17. The molecule has 1 rings (SSSR count). The van der Waals surface area contributed by atoms with Gasteiger partial charge in [0.15, 0.2) is 0 Å². The molecule has 0 radical (unpaired) electrons. The van der Waals surface area contributed by atoms with Crippen LogP contribution in [0.5, 0.6) is 0 Å². The number of halogens is 2. The van der Waals surface area contributed by atoms with E-state index < -0.39 is 5.92 Å². The molecule has 70 valence electrons. The van der Waals surface area contributed by atoms with Crippen LogP contribution in [0, 0.1) is 5.82 Å². The number of hydrogen-bond acceptors (Lipinski definition) is 1. The molecule has 0 spiro atoms. The van der Waals surface area contributed by atoms with Gasteiger partial charge in [-0.15, -0.1) is 0 Å². The largest absolute Gasteiger partial charge is 0.299 e. The average molecular weight is 245 g/mol. The summed E-state index contributed by atoms with van der Waals surface area (Å²) in [5.41, 5.74) is 0.440. The van der Waals surface area contributed by atoms with Crippen molar-refractivity contribution in [2.45, 2.75) is 19.8 Å². The van der Waals surface area contributed by atoms with Gasteiger partial charge in [0.1, 0.15) is 11.6 Å². The van der Waals surface area contributed by atoms with Crippen molar-refractivity contribution in [2.24, 2.45) is 0 Å². The second-order valence-electron chi connectivity index (χ2n) is 2.97. The Bertz CT molecular complexity index is 315. The predicted molar refractivity (Wildman–Crippen MR) is 53.2 cm³/mol. The van der Waals surface area contributed by atoms with E-state index in [4.69, 9.17) is 0 Å². The van der Waals surface area contributed by atoms with Crippen LogP contribution in [0.1, 0.15) is 25.3 Å². The number of ketones is 1. The summed E-state index contributed by atoms with van der Waals surface area (Å²) < 4.78 is 13.9. The molecule has 1 atom stereocenters. The van der Waals surface area contributed by atoms with Crippen molar-refractivity contribution in [3.8, 4) is 0 Å². The summed E-state index contributed by atoms with van der Waals surface area (Å²) in [5.74, 6) is -0.765. The predicted octanol–water partition coefficient (Wildman–Crippen LogP) is 3.28. The molecule has 0 aliphatic rings. The lowest BCUT2D eigenvalue weighted by molar-refractivity contribution is -0.118. The van der Waals surface area contributed by atoms with E-state index in [0.717, 1.165) is 0 Å². The molecule has 0 aliphatic carbocycles. The molecule has 3 heteroatoms. The quantitative estimate of drug-likeness (QED) is 0.781. The van der Waals surface area contributed by atoms with Gasteiger partial charge >= 0.3 is 0 Å². The van der Waals surface area contributed by atoms with E-state index in [1.165, 1.54) is 13.0 Å². The maximum atomic E-state index is 13.3. The summed E-state index contributed by atoms with van der Waals surface area (Å²) in [6.07, 6.45) is 0. The first-order valence-corrected chi connectivity index (χ1v) is 4.77. The molecular weight excluding hydrogens is 235 g/mol. The molecule has 13 heavy (non-hydrogen) atoms. The van der Waals surface area contributed by atoms with Crippen LogP contribution in [-0.2, 0) is 4.79 Å². The lowest BCUT2D eigenvalue weighted by Gasteiger charge is -2.10. The fraction of sp³-hybridized carbons (Fsp3) is 0.300. The van der Waals surface area contributed by atoms with Crippen molar-refractivity contribution in [1.82, 2.24) is 0 Å². The molecule has 0 fully saturated rings. The third-order valence-corrected chi connectivity index (χ3v) is 2.73. The first kappa shape index (κ1) is 10.4. The number of benzene rings is 1. The zero-order valence-corrected chi connectivity index (χ0v) is 9.06. The monoisotopic (exact) mass is 244 g/mol. The summed E-state index contributed by atoms with van der Waals surface area (Å²) in [5, 5.41) is 0. The van der Waals surface area contributed by atoms with Crippen LogP contribution in [-0.4, -0.2) is 5.78 Å². The van der Waals surface area contributed by atoms with Gasteiger partial charge in [0.25, 0.3) is 0 Å². The van der Waals surface area contributed by atoms with Gasteiger partial charge in [-0.25, -0.2) is 4.39 Å². The molecule has 0 saturated carbocycles. The standard InChI is InChI=1S/C10H10BrFO/c1-6(7(2)13)10-8(11)4-3-5-9(10)12/h3-6H,1-2H3. The lowest BCUT2D eigenvalue weighted by atomic mass is 9.97. The minimum absolute atomic E-state index is 0.0363. The zero-order valence-electron chi connectivity index (χ0n) is 7.47. The lowest BCUT2D eigenvalue weighted by Crippen LogP contribution is -2.07. The Balaban J connectivity index is 3.20. The number of Topliss-reactive ketones (excluding diaryl/α,β-unsaturated/α-hetero) is 1. The molecule has 1 aromatic rings. The molecule has 0 aliphatic heterocycles. The third-order valence-electron chi connectivity index (χ3n) is 2.04. The van der Waals surface area contributed by atoms with Crippen LogP contribution >= 0.6 is 15.9 Å². The van der Waals surface area contributed by atoms with Gasteiger partial charge in [-0.3, -0.25) is 4.79 Å². The Kier molecular flexibility index (Phi) is 3.20. The molecule has 0 N–H and O–H groups in total. The Labute approximate surface area is 85.1 Å². The van der Waals surface area contributed by atoms with E-state index in [-0.39, 0.29) is 11.6 Å². The van der Waals surface area contributed by atoms with E-state index in [1.54, 1.807) is 19.1 Å². The highest BCUT2D eigenvalue weighted by atomic mass is 79.9. The SMILES string of the molecule is CC(=O)C(C)c1c(F)cccc1Br. The van der Waals surface area contributed by atoms with E-state index >= 15 is 0 Å². The molecule has 0 heterocycles. The summed E-state index contributed by atoms with van der Waals surface area (Å²) >= 11 is 3.22. The normalized spacial score (nSPS) is 12.6. The van der Waals surface area contributed by atoms with Gasteiger partial charge in [0.2, 0.25) is 0 Å². The second kappa shape index (κ2) is 4.01. The van der Waals surface area contributed by atoms with Crippen molar-refractivity contribution >= 4 is 21.7 Å². The first-order chi connectivity index (χ1) is 6.04. The topological polar surface area (TPSA) is 17.1 Å². The number of carbonyl (C=O) groups excluding carboxylic acids is 1. The first-order valence-electron chi connectivity index (χ1n) is 3.98. The fourth-order valence-electron chi connectivity index (χ4n) is 1.13. The van der Waals surface area contributed by atoms with Crippen LogP contribution < -0.4 is 0 Å². The second-order valence-corrected chi connectivity index (χ2v) is 3.82. The molecule has 0 bridgehead atoms. The van der Waals surface area contributed by atoms with Crippen molar-refractivity contribution in [1.29, 1.82) is 0 Å². The molecule has 0 saturated heterocycles. The molecular formula is C10H10BrFO. The number of rotatable bonds is 2. The van der Waals surface area contributed by atoms with Crippen LogP contribution in [0.3, 0.4) is 0 Å². The van der Waals surface area contributed by atoms with Crippen LogP contribution in [0.15, 0.2) is 22.7 Å². The van der Waals surface area contributed by atoms with Gasteiger partial charge in [0, 0.05) is 16.0 Å². The fourth-order valence-corrected chi connectivity index (χ4v) is 1.81. The van der Waals surface area contributed by atoms with E-state index in [2.05, 4.69) is 15.9 Å². The summed E-state index contributed by atoms with van der Waals surface area (Å²) in [4.78, 5) is 11.1. The van der Waals surface area contributed by atoms with Crippen LogP contribution in [0.25, 0.3) is 0 Å². The van der Waals surface area contributed by atoms with Gasteiger partial charge in [-0.2, -0.15) is 0 Å². The highest BCUT2D eigenvalue weighted by Crippen LogP contribution is 2.27. The number of carbonyl (C=O) groups is 1. The Morgan fingerprint density at radius 1 is 1.54 bits per heavy atom. The molecule has 1 unspecified atom stereocenters.